The molecule has 1 nitrogen and oxygen atoms in total. The van der Waals surface area contributed by atoms with E-state index in [1.54, 1.807) is 0 Å². The van der Waals surface area contributed by atoms with Gasteiger partial charge in [-0.2, -0.15) is 0 Å². The maximum atomic E-state index is 9.66. The van der Waals surface area contributed by atoms with E-state index < -0.39 is 0 Å². The summed E-state index contributed by atoms with van der Waals surface area (Å²) in [5.74, 6) is 0.310. The van der Waals surface area contributed by atoms with Gasteiger partial charge in [0.05, 0.1) is 0 Å². The molecule has 0 amide bonds. The number of rotatable bonds is 1. The van der Waals surface area contributed by atoms with E-state index in [0.717, 1.165) is 12.8 Å². The van der Waals surface area contributed by atoms with Gasteiger partial charge < -0.3 is 4.79 Å². The van der Waals surface area contributed by atoms with Gasteiger partial charge >= 0.3 is 0 Å². The second-order valence-corrected chi connectivity index (χ2v) is 1.75. The minimum atomic E-state index is 0. The third-order valence-electron chi connectivity index (χ3n) is 1.27. The zero-order chi connectivity index (χ0) is 4.41. The molecule has 40 valence electrons. The largest absolute Gasteiger partial charge is 0.542 e. The van der Waals surface area contributed by atoms with Crippen LogP contribution in [0.4, 0.5) is 0 Å². The van der Waals surface area contributed by atoms with Gasteiger partial charge in [0.2, 0.25) is 0 Å². The first-order valence-electron chi connectivity index (χ1n) is 2.31. The van der Waals surface area contributed by atoms with Crippen molar-refractivity contribution in [3.8, 4) is 0 Å². The molecule has 7 heavy (non-hydrogen) atoms. The Balaban J connectivity index is 0.000000360. The van der Waals surface area contributed by atoms with E-state index >= 15 is 0 Å². The molecule has 0 aromatic heterocycles. The topological polar surface area (TPSA) is 17.1 Å². The normalized spacial score (nSPS) is 19.4. The summed E-state index contributed by atoms with van der Waals surface area (Å²) in [4.78, 5) is 9.66. The van der Waals surface area contributed by atoms with Crippen molar-refractivity contribution in [3.05, 3.63) is 0 Å². The summed E-state index contributed by atoms with van der Waals surface area (Å²) in [6.07, 6.45) is 5.36. The average Bonchev–Trinajstić information content (AvgIpc) is 1.31. The van der Waals surface area contributed by atoms with Crippen LogP contribution in [0.1, 0.15) is 19.3 Å². The standard InChI is InChI=1S/C5H7O.W/c6-4-5-2-1-3-5;/h5H,1-3H2;/q-1;. The minimum Gasteiger partial charge on any atom is -0.542 e. The second kappa shape index (κ2) is 3.37. The van der Waals surface area contributed by atoms with Crippen molar-refractivity contribution >= 4 is 6.29 Å². The van der Waals surface area contributed by atoms with E-state index in [4.69, 9.17) is 0 Å². The molecule has 1 aliphatic carbocycles. The number of carbonyl (C=O) groups excluding carboxylic acids is 1. The molecule has 0 radical (unpaired) electrons. The van der Waals surface area contributed by atoms with Crippen molar-refractivity contribution in [3.63, 3.8) is 0 Å². The van der Waals surface area contributed by atoms with Gasteiger partial charge in [0.25, 0.3) is 0 Å². The molecular weight excluding hydrogens is 260 g/mol. The molecule has 0 aromatic rings. The summed E-state index contributed by atoms with van der Waals surface area (Å²) in [6.45, 7) is 0. The summed E-state index contributed by atoms with van der Waals surface area (Å²) < 4.78 is 0. The molecule has 0 unspecified atom stereocenters. The van der Waals surface area contributed by atoms with E-state index in [1.807, 2.05) is 6.29 Å². The summed E-state index contributed by atoms with van der Waals surface area (Å²) in [5, 5.41) is 0. The molecule has 0 heterocycles. The predicted octanol–water partition coefficient (Wildman–Crippen LogP) is 0.894. The van der Waals surface area contributed by atoms with Gasteiger partial charge in [0.15, 0.2) is 0 Å². The maximum Gasteiger partial charge on any atom is 0 e. The van der Waals surface area contributed by atoms with Crippen LogP contribution in [0.2, 0.25) is 0 Å². The second-order valence-electron chi connectivity index (χ2n) is 1.75. The molecule has 1 fully saturated rings. The van der Waals surface area contributed by atoms with Crippen LogP contribution in [0.25, 0.3) is 0 Å². The first-order chi connectivity index (χ1) is 2.93. The molecule has 0 atom stereocenters. The van der Waals surface area contributed by atoms with E-state index in [2.05, 4.69) is 0 Å². The smallest absolute Gasteiger partial charge is 0 e. The Morgan fingerprint density at radius 1 is 1.43 bits per heavy atom. The fourth-order valence-electron chi connectivity index (χ4n) is 0.526. The van der Waals surface area contributed by atoms with Gasteiger partial charge in [-0.15, -0.1) is 5.92 Å². The molecule has 0 saturated heterocycles. The van der Waals surface area contributed by atoms with E-state index in [1.165, 1.54) is 6.42 Å². The third kappa shape index (κ3) is 1.73. The van der Waals surface area contributed by atoms with Crippen molar-refractivity contribution in [2.75, 3.05) is 0 Å². The van der Waals surface area contributed by atoms with E-state index in [0.29, 0.717) is 5.92 Å². The first-order valence-corrected chi connectivity index (χ1v) is 2.31. The van der Waals surface area contributed by atoms with E-state index in [9.17, 15) is 4.79 Å². The van der Waals surface area contributed by atoms with Crippen molar-refractivity contribution < 1.29 is 25.9 Å². The van der Waals surface area contributed by atoms with Crippen LogP contribution in [0, 0.1) is 5.92 Å². The van der Waals surface area contributed by atoms with Gasteiger partial charge in [-0.3, -0.25) is 6.29 Å². The zero-order valence-electron chi connectivity index (χ0n) is 4.02. The third-order valence-corrected chi connectivity index (χ3v) is 1.27. The van der Waals surface area contributed by atoms with Gasteiger partial charge in [0.1, 0.15) is 0 Å². The van der Waals surface area contributed by atoms with Gasteiger partial charge in [-0.05, 0) is 0 Å². The molecule has 0 spiro atoms. The summed E-state index contributed by atoms with van der Waals surface area (Å²) >= 11 is 0. The Morgan fingerprint density at radius 3 is 2.00 bits per heavy atom. The van der Waals surface area contributed by atoms with Crippen LogP contribution in [0.3, 0.4) is 0 Å². The Hall–Kier alpha value is 0.358. The van der Waals surface area contributed by atoms with Gasteiger partial charge in [-0.1, -0.05) is 19.3 Å². The van der Waals surface area contributed by atoms with Gasteiger partial charge in [-0.25, -0.2) is 0 Å². The molecule has 0 bridgehead atoms. The predicted molar refractivity (Wildman–Crippen MR) is 23.0 cm³/mol. The first kappa shape index (κ1) is 7.36. The molecule has 1 aliphatic rings. The minimum absolute atomic E-state index is 0. The van der Waals surface area contributed by atoms with Crippen LogP contribution in [-0.4, -0.2) is 6.29 Å². The molecule has 0 N–H and O–H groups in total. The van der Waals surface area contributed by atoms with Crippen molar-refractivity contribution in [1.29, 1.82) is 0 Å². The van der Waals surface area contributed by atoms with Crippen molar-refractivity contribution in [2.24, 2.45) is 5.92 Å². The van der Waals surface area contributed by atoms with Gasteiger partial charge in [0, 0.05) is 21.1 Å². The van der Waals surface area contributed by atoms with Crippen LogP contribution < -0.4 is 0 Å². The SMILES string of the molecule is O=[C-]C1CCC1.[W]. The maximum absolute atomic E-state index is 9.66. The Bertz CT molecular complexity index is 59.1. The zero-order valence-corrected chi connectivity index (χ0v) is 6.95. The molecule has 1 saturated carbocycles. The monoisotopic (exact) mass is 267 g/mol. The fraction of sp³-hybridized carbons (Fsp3) is 0.800. The number of hydrogen-bond donors (Lipinski definition) is 0. The Kier molecular flexibility index (Phi) is 3.54. The fourth-order valence-corrected chi connectivity index (χ4v) is 0.526. The quantitative estimate of drug-likeness (QED) is 0.645. The number of hydrogen-bond acceptors (Lipinski definition) is 1. The molecule has 0 aliphatic heterocycles. The molecule has 1 rings (SSSR count). The van der Waals surface area contributed by atoms with Crippen molar-refractivity contribution in [1.82, 2.24) is 0 Å². The molecule has 2 heteroatoms. The molecule has 0 aromatic carbocycles. The Labute approximate surface area is 57.7 Å². The van der Waals surface area contributed by atoms with Crippen LogP contribution in [-0.2, 0) is 25.9 Å². The Morgan fingerprint density at radius 2 is 2.00 bits per heavy atom. The van der Waals surface area contributed by atoms with E-state index in [-0.39, 0.29) is 21.1 Å². The van der Waals surface area contributed by atoms with Crippen LogP contribution >= 0.6 is 0 Å². The van der Waals surface area contributed by atoms with Crippen LogP contribution in [0.15, 0.2) is 0 Å². The summed E-state index contributed by atoms with van der Waals surface area (Å²) in [6, 6.07) is 0. The average molecular weight is 267 g/mol. The molecular formula is C5H7OW-. The van der Waals surface area contributed by atoms with Crippen LogP contribution in [0.5, 0.6) is 0 Å². The van der Waals surface area contributed by atoms with Crippen molar-refractivity contribution in [2.45, 2.75) is 19.3 Å². The summed E-state index contributed by atoms with van der Waals surface area (Å²) in [5.41, 5.74) is 0. The summed E-state index contributed by atoms with van der Waals surface area (Å²) in [7, 11) is 0.